The summed E-state index contributed by atoms with van der Waals surface area (Å²) >= 11 is 0. The number of carbonyl (C=O) groups is 1. The number of hydrogen-bond donors (Lipinski definition) is 2. The molecule has 2 fully saturated rings. The van der Waals surface area contributed by atoms with Gasteiger partial charge in [-0.25, -0.2) is 0 Å². The third-order valence-corrected chi connectivity index (χ3v) is 5.40. The topological polar surface area (TPSA) is 68.3 Å². The molecule has 2 aliphatic rings. The highest BCUT2D eigenvalue weighted by Gasteiger charge is 2.40. The largest absolute Gasteiger partial charge is 0.463 e. The fraction of sp³-hybridized carbons (Fsp3) is 0.500. The number of para-hydroxylation sites is 1. The molecule has 3 N–H and O–H groups in total. The first kappa shape index (κ1) is 13.8. The van der Waals surface area contributed by atoms with Gasteiger partial charge in [0.1, 0.15) is 11.8 Å². The van der Waals surface area contributed by atoms with Gasteiger partial charge in [0.25, 0.3) is 5.91 Å². The van der Waals surface area contributed by atoms with Gasteiger partial charge in [0.2, 0.25) is 0 Å². The summed E-state index contributed by atoms with van der Waals surface area (Å²) in [5, 5.41) is 4.17. The molecule has 1 aromatic carbocycles. The van der Waals surface area contributed by atoms with Crippen LogP contribution in [0, 0.1) is 11.8 Å². The van der Waals surface area contributed by atoms with Crippen LogP contribution in [0.4, 0.5) is 0 Å². The van der Waals surface area contributed by atoms with Crippen LogP contribution in [-0.2, 0) is 0 Å². The van der Waals surface area contributed by atoms with Gasteiger partial charge in [-0.05, 0) is 43.6 Å². The Labute approximate surface area is 130 Å². The van der Waals surface area contributed by atoms with Gasteiger partial charge in [0, 0.05) is 17.5 Å². The first-order valence-electron chi connectivity index (χ1n) is 8.25. The van der Waals surface area contributed by atoms with E-state index in [-0.39, 0.29) is 11.9 Å². The van der Waals surface area contributed by atoms with E-state index >= 15 is 0 Å². The molecule has 0 spiro atoms. The van der Waals surface area contributed by atoms with Crippen LogP contribution in [-0.4, -0.2) is 18.0 Å². The molecule has 1 aromatic heterocycles. The second kappa shape index (κ2) is 5.43. The highest BCUT2D eigenvalue weighted by molar-refractivity contribution is 6.06. The normalized spacial score (nSPS) is 31.1. The molecule has 1 heterocycles. The van der Waals surface area contributed by atoms with E-state index < -0.39 is 0 Å². The zero-order chi connectivity index (χ0) is 15.1. The molecule has 2 unspecified atom stereocenters. The molecule has 0 saturated heterocycles. The molecule has 4 rings (SSSR count). The van der Waals surface area contributed by atoms with Crippen molar-refractivity contribution in [2.24, 2.45) is 17.6 Å². The van der Waals surface area contributed by atoms with Crippen molar-refractivity contribution in [1.29, 1.82) is 0 Å². The maximum atomic E-state index is 12.7. The Morgan fingerprint density at radius 3 is 2.68 bits per heavy atom. The second-order valence-electron chi connectivity index (χ2n) is 6.83. The summed E-state index contributed by atoms with van der Waals surface area (Å²) in [6, 6.07) is 8.25. The first-order valence-corrected chi connectivity index (χ1v) is 8.25. The van der Waals surface area contributed by atoms with Gasteiger partial charge in [-0.2, -0.15) is 0 Å². The van der Waals surface area contributed by atoms with Crippen LogP contribution in [0.15, 0.2) is 34.9 Å². The van der Waals surface area contributed by atoms with E-state index in [9.17, 15) is 4.79 Å². The molecule has 4 heteroatoms. The summed E-state index contributed by atoms with van der Waals surface area (Å²) in [4.78, 5) is 12.7. The lowest BCUT2D eigenvalue weighted by atomic mass is 9.67. The Morgan fingerprint density at radius 2 is 1.91 bits per heavy atom. The molecular formula is C18H22N2O2. The summed E-state index contributed by atoms with van der Waals surface area (Å²) in [5.74, 6) is 1.05. The number of benzene rings is 1. The molecule has 22 heavy (non-hydrogen) atoms. The van der Waals surface area contributed by atoms with Crippen molar-refractivity contribution < 1.29 is 9.21 Å². The van der Waals surface area contributed by atoms with Crippen LogP contribution < -0.4 is 11.1 Å². The number of amides is 1. The minimum Gasteiger partial charge on any atom is -0.463 e. The van der Waals surface area contributed by atoms with Crippen LogP contribution in [0.5, 0.6) is 0 Å². The number of hydrogen-bond acceptors (Lipinski definition) is 3. The quantitative estimate of drug-likeness (QED) is 0.895. The van der Waals surface area contributed by atoms with Crippen molar-refractivity contribution in [3.05, 3.63) is 36.1 Å². The van der Waals surface area contributed by atoms with E-state index in [2.05, 4.69) is 5.32 Å². The Balaban J connectivity index is 1.57. The molecule has 2 bridgehead atoms. The van der Waals surface area contributed by atoms with Gasteiger partial charge in [-0.15, -0.1) is 0 Å². The number of carbonyl (C=O) groups excluding carboxylic acids is 1. The SMILES string of the molecule is NC1CC2CCCC(C1)C2NC(=O)c1coc2ccccc12. The molecule has 0 aliphatic heterocycles. The fourth-order valence-corrected chi connectivity index (χ4v) is 4.41. The monoisotopic (exact) mass is 298 g/mol. The maximum absolute atomic E-state index is 12.7. The van der Waals surface area contributed by atoms with Crippen molar-refractivity contribution in [2.75, 3.05) is 0 Å². The third-order valence-electron chi connectivity index (χ3n) is 5.40. The Morgan fingerprint density at radius 1 is 1.18 bits per heavy atom. The molecule has 116 valence electrons. The lowest BCUT2D eigenvalue weighted by Crippen LogP contribution is -2.53. The standard InChI is InChI=1S/C18H22N2O2/c19-13-8-11-4-3-5-12(9-13)17(11)20-18(21)15-10-22-16-7-2-1-6-14(15)16/h1-2,6-7,10-13,17H,3-5,8-9,19H2,(H,20,21). The van der Waals surface area contributed by atoms with E-state index in [0.29, 0.717) is 23.4 Å². The van der Waals surface area contributed by atoms with Gasteiger partial charge in [-0.1, -0.05) is 24.6 Å². The number of fused-ring (bicyclic) bond motifs is 3. The van der Waals surface area contributed by atoms with Gasteiger partial charge in [0.05, 0.1) is 5.56 Å². The zero-order valence-electron chi connectivity index (χ0n) is 12.6. The minimum atomic E-state index is -0.0117. The Bertz CT molecular complexity index is 679. The number of nitrogens with two attached hydrogens (primary N) is 1. The Kier molecular flexibility index (Phi) is 3.41. The molecule has 1 amide bonds. The number of rotatable bonds is 2. The van der Waals surface area contributed by atoms with E-state index in [4.69, 9.17) is 10.2 Å². The van der Waals surface area contributed by atoms with E-state index in [1.54, 1.807) is 6.26 Å². The van der Waals surface area contributed by atoms with Crippen LogP contribution in [0.3, 0.4) is 0 Å². The molecule has 2 saturated carbocycles. The fourth-order valence-electron chi connectivity index (χ4n) is 4.41. The summed E-state index contributed by atoms with van der Waals surface area (Å²) in [6.45, 7) is 0. The van der Waals surface area contributed by atoms with Crippen LogP contribution >= 0.6 is 0 Å². The highest BCUT2D eigenvalue weighted by atomic mass is 16.3. The van der Waals surface area contributed by atoms with Crippen LogP contribution in [0.1, 0.15) is 42.5 Å². The first-order chi connectivity index (χ1) is 10.7. The molecule has 0 radical (unpaired) electrons. The molecular weight excluding hydrogens is 276 g/mol. The number of furan rings is 1. The van der Waals surface area contributed by atoms with E-state index in [1.165, 1.54) is 19.3 Å². The smallest absolute Gasteiger partial charge is 0.255 e. The second-order valence-corrected chi connectivity index (χ2v) is 6.83. The van der Waals surface area contributed by atoms with Crippen molar-refractivity contribution in [1.82, 2.24) is 5.32 Å². The van der Waals surface area contributed by atoms with Gasteiger partial charge in [0.15, 0.2) is 0 Å². The van der Waals surface area contributed by atoms with E-state index in [1.807, 2.05) is 24.3 Å². The predicted octanol–water partition coefficient (Wildman–Crippen LogP) is 3.07. The Hall–Kier alpha value is -1.81. The average molecular weight is 298 g/mol. The van der Waals surface area contributed by atoms with Crippen molar-refractivity contribution in [2.45, 2.75) is 44.2 Å². The van der Waals surface area contributed by atoms with Gasteiger partial charge < -0.3 is 15.5 Å². The lowest BCUT2D eigenvalue weighted by molar-refractivity contribution is 0.0756. The number of nitrogens with one attached hydrogen (secondary N) is 1. The summed E-state index contributed by atoms with van der Waals surface area (Å²) in [5.41, 5.74) is 7.56. The summed E-state index contributed by atoms with van der Waals surface area (Å²) < 4.78 is 5.49. The highest BCUT2D eigenvalue weighted by Crippen LogP contribution is 2.39. The maximum Gasteiger partial charge on any atom is 0.255 e. The third kappa shape index (κ3) is 2.31. The van der Waals surface area contributed by atoms with Gasteiger partial charge in [-0.3, -0.25) is 4.79 Å². The van der Waals surface area contributed by atoms with Crippen LogP contribution in [0.2, 0.25) is 0 Å². The lowest BCUT2D eigenvalue weighted by Gasteiger charge is -2.45. The van der Waals surface area contributed by atoms with Crippen molar-refractivity contribution in [3.63, 3.8) is 0 Å². The molecule has 2 atom stereocenters. The molecule has 4 nitrogen and oxygen atoms in total. The average Bonchev–Trinajstić information content (AvgIpc) is 2.92. The minimum absolute atomic E-state index is 0.0117. The summed E-state index contributed by atoms with van der Waals surface area (Å²) in [7, 11) is 0. The predicted molar refractivity (Wildman–Crippen MR) is 85.5 cm³/mol. The molecule has 2 aliphatic carbocycles. The zero-order valence-corrected chi connectivity index (χ0v) is 12.6. The van der Waals surface area contributed by atoms with Crippen molar-refractivity contribution in [3.8, 4) is 0 Å². The van der Waals surface area contributed by atoms with Gasteiger partial charge >= 0.3 is 0 Å². The molecule has 2 aromatic rings. The summed E-state index contributed by atoms with van der Waals surface area (Å²) in [6.07, 6.45) is 7.27. The van der Waals surface area contributed by atoms with Crippen molar-refractivity contribution >= 4 is 16.9 Å². The van der Waals surface area contributed by atoms with E-state index in [0.717, 1.165) is 23.8 Å². The van der Waals surface area contributed by atoms with Crippen LogP contribution in [0.25, 0.3) is 11.0 Å².